The predicted molar refractivity (Wildman–Crippen MR) is 85.8 cm³/mol. The molecule has 0 radical (unpaired) electrons. The summed E-state index contributed by atoms with van der Waals surface area (Å²) >= 11 is 0. The van der Waals surface area contributed by atoms with Crippen LogP contribution in [0.25, 0.3) is 0 Å². The van der Waals surface area contributed by atoms with Gasteiger partial charge in [0.25, 0.3) is 5.91 Å². The molecule has 0 aliphatic rings. The highest BCUT2D eigenvalue weighted by molar-refractivity contribution is 5.92. The Kier molecular flexibility index (Phi) is 5.54. The number of aromatic nitrogens is 2. The fourth-order valence-corrected chi connectivity index (χ4v) is 2.41. The van der Waals surface area contributed by atoms with Gasteiger partial charge in [-0.05, 0) is 30.5 Å². The number of hydrogen-bond acceptors (Lipinski definition) is 3. The van der Waals surface area contributed by atoms with Gasteiger partial charge in [0.1, 0.15) is 11.5 Å². The quantitative estimate of drug-likeness (QED) is 0.882. The molecule has 0 aliphatic heterocycles. The number of aryl methyl sites for hydroxylation is 1. The largest absolute Gasteiger partial charge is 0.494 e. The summed E-state index contributed by atoms with van der Waals surface area (Å²) in [7, 11) is 2.95. The monoisotopic (exact) mass is 337 g/mol. The number of methoxy groups -OCH3 is 1. The van der Waals surface area contributed by atoms with Gasteiger partial charge >= 0.3 is 0 Å². The molecule has 5 nitrogen and oxygen atoms in total. The summed E-state index contributed by atoms with van der Waals surface area (Å²) < 4.78 is 34.1. The Hall–Kier alpha value is -2.44. The van der Waals surface area contributed by atoms with Crippen LogP contribution in [0.5, 0.6) is 5.75 Å². The molecular formula is C17H21F2N3O2. The van der Waals surface area contributed by atoms with Crippen LogP contribution in [0.4, 0.5) is 8.78 Å². The number of halogens is 2. The highest BCUT2D eigenvalue weighted by Crippen LogP contribution is 2.22. The molecule has 7 heteroatoms. The van der Waals surface area contributed by atoms with Gasteiger partial charge in [-0.25, -0.2) is 8.78 Å². The van der Waals surface area contributed by atoms with Gasteiger partial charge in [-0.15, -0.1) is 0 Å². The molecule has 1 heterocycles. The van der Waals surface area contributed by atoms with Crippen LogP contribution in [0.1, 0.15) is 35.6 Å². The minimum absolute atomic E-state index is 0.0691. The molecule has 1 N–H and O–H groups in total. The third-order valence-electron chi connectivity index (χ3n) is 3.58. The highest BCUT2D eigenvalue weighted by atomic mass is 19.1. The standard InChI is InChI=1S/C17H21F2N3O2/c1-10(2)7-11-8-14(22(3)21-11)17(23)20-9-12-13(18)5-6-15(24-4)16(12)19/h5-6,8,10H,7,9H2,1-4H3,(H,20,23). The van der Waals surface area contributed by atoms with Gasteiger partial charge in [-0.1, -0.05) is 13.8 Å². The first-order chi connectivity index (χ1) is 11.3. The summed E-state index contributed by atoms with van der Waals surface area (Å²) in [6, 6.07) is 4.00. The first-order valence-corrected chi connectivity index (χ1v) is 7.65. The van der Waals surface area contributed by atoms with E-state index in [9.17, 15) is 13.6 Å². The SMILES string of the molecule is COc1ccc(F)c(CNC(=O)c2cc(CC(C)C)nn2C)c1F. The Morgan fingerprint density at radius 2 is 2.08 bits per heavy atom. The first-order valence-electron chi connectivity index (χ1n) is 7.65. The average molecular weight is 337 g/mol. The molecular weight excluding hydrogens is 316 g/mol. The zero-order valence-electron chi connectivity index (χ0n) is 14.2. The molecule has 1 aromatic heterocycles. The van der Waals surface area contributed by atoms with Gasteiger partial charge in [-0.2, -0.15) is 5.10 Å². The first kappa shape index (κ1) is 17.9. The smallest absolute Gasteiger partial charge is 0.269 e. The number of nitrogens with one attached hydrogen (secondary N) is 1. The maximum atomic E-state index is 14.1. The predicted octanol–water partition coefficient (Wildman–Crippen LogP) is 2.84. The van der Waals surface area contributed by atoms with Crippen molar-refractivity contribution >= 4 is 5.91 Å². The lowest BCUT2D eigenvalue weighted by molar-refractivity contribution is 0.0940. The van der Waals surface area contributed by atoms with E-state index in [1.807, 2.05) is 0 Å². The Morgan fingerprint density at radius 1 is 1.38 bits per heavy atom. The highest BCUT2D eigenvalue weighted by Gasteiger charge is 2.18. The van der Waals surface area contributed by atoms with Crippen LogP contribution in [0, 0.1) is 17.6 Å². The van der Waals surface area contributed by atoms with Crippen LogP contribution >= 0.6 is 0 Å². The molecule has 1 aromatic carbocycles. The summed E-state index contributed by atoms with van der Waals surface area (Å²) in [6.07, 6.45) is 0.750. The molecule has 2 rings (SSSR count). The Morgan fingerprint density at radius 3 is 2.71 bits per heavy atom. The zero-order chi connectivity index (χ0) is 17.9. The molecule has 0 saturated carbocycles. The van der Waals surface area contributed by atoms with Crippen molar-refractivity contribution in [3.05, 3.63) is 46.8 Å². The maximum absolute atomic E-state index is 14.1. The molecule has 0 aliphatic carbocycles. The lowest BCUT2D eigenvalue weighted by atomic mass is 10.1. The van der Waals surface area contributed by atoms with E-state index in [0.717, 1.165) is 18.2 Å². The summed E-state index contributed by atoms with van der Waals surface area (Å²) in [5, 5.41) is 6.80. The van der Waals surface area contributed by atoms with E-state index in [1.54, 1.807) is 13.1 Å². The van der Waals surface area contributed by atoms with E-state index in [0.29, 0.717) is 11.6 Å². The van der Waals surface area contributed by atoms with E-state index in [4.69, 9.17) is 4.74 Å². The number of rotatable bonds is 6. The topological polar surface area (TPSA) is 56.1 Å². The van der Waals surface area contributed by atoms with Gasteiger partial charge in [0.15, 0.2) is 11.6 Å². The number of nitrogens with zero attached hydrogens (tertiary/aromatic N) is 2. The number of carbonyl (C=O) groups is 1. The third-order valence-corrected chi connectivity index (χ3v) is 3.58. The van der Waals surface area contributed by atoms with Crippen LogP contribution in [-0.2, 0) is 20.0 Å². The van der Waals surface area contributed by atoms with E-state index in [-0.39, 0.29) is 17.9 Å². The van der Waals surface area contributed by atoms with Crippen molar-refractivity contribution in [1.29, 1.82) is 0 Å². The van der Waals surface area contributed by atoms with Gasteiger partial charge in [0, 0.05) is 19.2 Å². The van der Waals surface area contributed by atoms with E-state index >= 15 is 0 Å². The second-order valence-corrected chi connectivity index (χ2v) is 5.97. The third kappa shape index (κ3) is 3.90. The summed E-state index contributed by atoms with van der Waals surface area (Å²) in [4.78, 5) is 12.3. The van der Waals surface area contributed by atoms with Crippen LogP contribution < -0.4 is 10.1 Å². The van der Waals surface area contributed by atoms with Crippen molar-refractivity contribution < 1.29 is 18.3 Å². The molecule has 0 fully saturated rings. The van der Waals surface area contributed by atoms with E-state index < -0.39 is 17.5 Å². The Labute approximate surface area is 139 Å². The lowest BCUT2D eigenvalue weighted by Crippen LogP contribution is -2.26. The van der Waals surface area contributed by atoms with Crippen LogP contribution in [0.3, 0.4) is 0 Å². The Balaban J connectivity index is 2.13. The molecule has 0 saturated heterocycles. The molecule has 24 heavy (non-hydrogen) atoms. The van der Waals surface area contributed by atoms with Crippen molar-refractivity contribution in [2.45, 2.75) is 26.8 Å². The van der Waals surface area contributed by atoms with Crippen LogP contribution in [-0.4, -0.2) is 22.8 Å². The molecule has 0 bridgehead atoms. The van der Waals surface area contributed by atoms with Crippen molar-refractivity contribution in [3.8, 4) is 5.75 Å². The molecule has 0 spiro atoms. The second-order valence-electron chi connectivity index (χ2n) is 5.97. The molecule has 1 amide bonds. The minimum atomic E-state index is -0.816. The minimum Gasteiger partial charge on any atom is -0.494 e. The summed E-state index contributed by atoms with van der Waals surface area (Å²) in [5.41, 5.74) is 0.901. The van der Waals surface area contributed by atoms with Crippen molar-refractivity contribution in [1.82, 2.24) is 15.1 Å². The van der Waals surface area contributed by atoms with Gasteiger partial charge in [-0.3, -0.25) is 9.48 Å². The number of hydrogen-bond donors (Lipinski definition) is 1. The van der Waals surface area contributed by atoms with E-state index in [1.165, 1.54) is 17.9 Å². The number of amides is 1. The molecule has 130 valence electrons. The average Bonchev–Trinajstić information content (AvgIpc) is 2.86. The Bertz CT molecular complexity index is 742. The van der Waals surface area contributed by atoms with Crippen molar-refractivity contribution in [2.24, 2.45) is 13.0 Å². The van der Waals surface area contributed by atoms with Crippen molar-refractivity contribution in [3.63, 3.8) is 0 Å². The second kappa shape index (κ2) is 7.42. The normalized spacial score (nSPS) is 11.0. The number of benzene rings is 1. The summed E-state index contributed by atoms with van der Waals surface area (Å²) in [6.45, 7) is 3.84. The molecule has 2 aromatic rings. The van der Waals surface area contributed by atoms with E-state index in [2.05, 4.69) is 24.3 Å². The van der Waals surface area contributed by atoms with Gasteiger partial charge in [0.05, 0.1) is 12.8 Å². The summed E-state index contributed by atoms with van der Waals surface area (Å²) in [5.74, 6) is -1.65. The molecule has 0 unspecified atom stereocenters. The van der Waals surface area contributed by atoms with Gasteiger partial charge < -0.3 is 10.1 Å². The fraction of sp³-hybridized carbons (Fsp3) is 0.412. The number of carbonyl (C=O) groups excluding carboxylic acids is 1. The van der Waals surface area contributed by atoms with Crippen LogP contribution in [0.15, 0.2) is 18.2 Å². The van der Waals surface area contributed by atoms with Gasteiger partial charge in [0.2, 0.25) is 0 Å². The molecule has 0 atom stereocenters. The fourth-order valence-electron chi connectivity index (χ4n) is 2.41. The van der Waals surface area contributed by atoms with Crippen molar-refractivity contribution in [2.75, 3.05) is 7.11 Å². The zero-order valence-corrected chi connectivity index (χ0v) is 14.2. The maximum Gasteiger partial charge on any atom is 0.269 e. The number of ether oxygens (including phenoxy) is 1. The lowest BCUT2D eigenvalue weighted by Gasteiger charge is -2.10. The van der Waals surface area contributed by atoms with Crippen LogP contribution in [0.2, 0.25) is 0 Å².